The first-order valence-corrected chi connectivity index (χ1v) is 7.24. The summed E-state index contributed by atoms with van der Waals surface area (Å²) >= 11 is 1.61. The number of nitrogen functional groups attached to an aromatic ring is 1. The first-order valence-electron chi connectivity index (χ1n) is 6.36. The van der Waals surface area contributed by atoms with E-state index in [9.17, 15) is 0 Å². The largest absolute Gasteiger partial charge is 0.384 e. The van der Waals surface area contributed by atoms with Gasteiger partial charge in [-0.2, -0.15) is 0 Å². The zero-order chi connectivity index (χ0) is 14.1. The first kappa shape index (κ1) is 12.8. The van der Waals surface area contributed by atoms with Crippen LogP contribution in [0.5, 0.6) is 0 Å². The van der Waals surface area contributed by atoms with Gasteiger partial charge in [-0.25, -0.2) is 15.0 Å². The summed E-state index contributed by atoms with van der Waals surface area (Å²) < 4.78 is 1.14. The molecule has 20 heavy (non-hydrogen) atoms. The molecule has 0 radical (unpaired) electrons. The smallest absolute Gasteiger partial charge is 0.136 e. The molecule has 0 aliphatic rings. The molecule has 0 bridgehead atoms. The molecule has 0 amide bonds. The van der Waals surface area contributed by atoms with Crippen LogP contribution in [0, 0.1) is 0 Å². The molecule has 0 atom stereocenters. The van der Waals surface area contributed by atoms with E-state index in [1.807, 2.05) is 31.5 Å². The lowest BCUT2D eigenvalue weighted by molar-refractivity contribution is 0.779. The molecule has 3 N–H and O–H groups in total. The van der Waals surface area contributed by atoms with Gasteiger partial charge in [0, 0.05) is 17.7 Å². The molecular weight excluding hydrogens is 270 g/mol. The number of benzene rings is 1. The maximum absolute atomic E-state index is 5.83. The quantitative estimate of drug-likeness (QED) is 0.769. The van der Waals surface area contributed by atoms with Gasteiger partial charge in [0.05, 0.1) is 15.7 Å². The van der Waals surface area contributed by atoms with Gasteiger partial charge in [0.2, 0.25) is 0 Å². The van der Waals surface area contributed by atoms with Crippen LogP contribution in [0.3, 0.4) is 0 Å². The van der Waals surface area contributed by atoms with Crippen molar-refractivity contribution in [2.75, 3.05) is 11.1 Å². The van der Waals surface area contributed by atoms with Gasteiger partial charge in [0.25, 0.3) is 0 Å². The third-order valence-electron chi connectivity index (χ3n) is 2.88. The van der Waals surface area contributed by atoms with Crippen molar-refractivity contribution in [3.8, 4) is 0 Å². The highest BCUT2D eigenvalue weighted by Crippen LogP contribution is 2.24. The van der Waals surface area contributed by atoms with Crippen LogP contribution >= 0.6 is 11.3 Å². The normalized spacial score (nSPS) is 11.2. The summed E-state index contributed by atoms with van der Waals surface area (Å²) in [4.78, 5) is 13.0. The Morgan fingerprint density at radius 1 is 1.20 bits per heavy atom. The number of hydrogen-bond acceptors (Lipinski definition) is 6. The molecule has 102 valence electrons. The number of nitrogens with one attached hydrogen (secondary N) is 1. The predicted molar refractivity (Wildman–Crippen MR) is 83.4 cm³/mol. The Balaban J connectivity index is 1.93. The number of rotatable bonds is 3. The standard InChI is InChI=1S/C14H15N5S/c1-8(2)14-18-12(15)6-13(19-14)17-9-3-4-10-11(5-9)20-7-16-10/h3-8H,1-2H3,(H3,15,17,18,19). The van der Waals surface area contributed by atoms with Crippen molar-refractivity contribution in [3.63, 3.8) is 0 Å². The summed E-state index contributed by atoms with van der Waals surface area (Å²) in [6.07, 6.45) is 0. The number of thiazole rings is 1. The van der Waals surface area contributed by atoms with Crippen LogP contribution in [0.1, 0.15) is 25.6 Å². The molecule has 1 aromatic carbocycles. The number of nitrogens with zero attached hydrogens (tertiary/aromatic N) is 3. The number of aromatic nitrogens is 3. The van der Waals surface area contributed by atoms with Crippen LogP contribution < -0.4 is 11.1 Å². The molecule has 0 aliphatic heterocycles. The van der Waals surface area contributed by atoms with Crippen LogP contribution in [0.25, 0.3) is 10.2 Å². The second kappa shape index (κ2) is 5.05. The van der Waals surface area contributed by atoms with E-state index in [0.29, 0.717) is 11.6 Å². The first-order chi connectivity index (χ1) is 9.61. The molecule has 6 heteroatoms. The van der Waals surface area contributed by atoms with Crippen LogP contribution in [-0.2, 0) is 0 Å². The van der Waals surface area contributed by atoms with Crippen molar-refractivity contribution in [1.29, 1.82) is 0 Å². The lowest BCUT2D eigenvalue weighted by Gasteiger charge is -2.10. The van der Waals surface area contributed by atoms with Crippen molar-refractivity contribution < 1.29 is 0 Å². The van der Waals surface area contributed by atoms with Gasteiger partial charge in [-0.1, -0.05) is 13.8 Å². The molecule has 3 aromatic rings. The maximum Gasteiger partial charge on any atom is 0.136 e. The summed E-state index contributed by atoms with van der Waals surface area (Å²) in [7, 11) is 0. The Bertz CT molecular complexity index is 750. The predicted octanol–water partition coefficient (Wildman–Crippen LogP) is 3.54. The minimum atomic E-state index is 0.239. The Hall–Kier alpha value is -2.21. The minimum Gasteiger partial charge on any atom is -0.384 e. The molecule has 0 saturated heterocycles. The number of hydrogen-bond donors (Lipinski definition) is 2. The number of nitrogens with two attached hydrogens (primary N) is 1. The fourth-order valence-corrected chi connectivity index (χ4v) is 2.60. The van der Waals surface area contributed by atoms with E-state index >= 15 is 0 Å². The van der Waals surface area contributed by atoms with Gasteiger partial charge in [-0.05, 0) is 18.2 Å². The highest BCUT2D eigenvalue weighted by Gasteiger charge is 2.07. The van der Waals surface area contributed by atoms with Gasteiger partial charge in [0.15, 0.2) is 0 Å². The van der Waals surface area contributed by atoms with Crippen molar-refractivity contribution in [3.05, 3.63) is 35.6 Å². The van der Waals surface area contributed by atoms with Crippen molar-refractivity contribution in [1.82, 2.24) is 15.0 Å². The molecule has 2 heterocycles. The van der Waals surface area contributed by atoms with Crippen LogP contribution in [-0.4, -0.2) is 15.0 Å². The van der Waals surface area contributed by atoms with Crippen LogP contribution in [0.4, 0.5) is 17.3 Å². The Morgan fingerprint density at radius 2 is 2.05 bits per heavy atom. The third-order valence-corrected chi connectivity index (χ3v) is 3.68. The molecule has 0 unspecified atom stereocenters. The van der Waals surface area contributed by atoms with Gasteiger partial charge in [0.1, 0.15) is 17.5 Å². The summed E-state index contributed by atoms with van der Waals surface area (Å²) in [6, 6.07) is 7.76. The minimum absolute atomic E-state index is 0.239. The zero-order valence-corrected chi connectivity index (χ0v) is 12.1. The summed E-state index contributed by atoms with van der Waals surface area (Å²) in [5, 5.41) is 3.27. The molecule has 3 rings (SSSR count). The Kier molecular flexibility index (Phi) is 3.23. The lowest BCUT2D eigenvalue weighted by atomic mass is 10.2. The van der Waals surface area contributed by atoms with Crippen LogP contribution in [0.2, 0.25) is 0 Å². The van der Waals surface area contributed by atoms with E-state index in [1.54, 1.807) is 17.4 Å². The highest BCUT2D eigenvalue weighted by molar-refractivity contribution is 7.16. The molecule has 0 aliphatic carbocycles. The van der Waals surface area contributed by atoms with E-state index in [0.717, 1.165) is 21.7 Å². The summed E-state index contributed by atoms with van der Waals surface area (Å²) in [6.45, 7) is 4.09. The van der Waals surface area contributed by atoms with E-state index in [2.05, 4.69) is 26.3 Å². The number of anilines is 3. The second-order valence-corrected chi connectivity index (χ2v) is 5.74. The van der Waals surface area contributed by atoms with Crippen molar-refractivity contribution in [2.45, 2.75) is 19.8 Å². The molecular formula is C14H15N5S. The van der Waals surface area contributed by atoms with E-state index in [4.69, 9.17) is 5.73 Å². The molecule has 2 aromatic heterocycles. The van der Waals surface area contributed by atoms with Gasteiger partial charge < -0.3 is 11.1 Å². The topological polar surface area (TPSA) is 76.7 Å². The van der Waals surface area contributed by atoms with E-state index in [1.165, 1.54) is 0 Å². The van der Waals surface area contributed by atoms with Gasteiger partial charge in [-0.15, -0.1) is 11.3 Å². The zero-order valence-electron chi connectivity index (χ0n) is 11.3. The lowest BCUT2D eigenvalue weighted by Crippen LogP contribution is -2.04. The highest BCUT2D eigenvalue weighted by atomic mass is 32.1. The second-order valence-electron chi connectivity index (χ2n) is 4.85. The maximum atomic E-state index is 5.83. The molecule has 0 fully saturated rings. The molecule has 5 nitrogen and oxygen atoms in total. The SMILES string of the molecule is CC(C)c1nc(N)cc(Nc2ccc3ncsc3c2)n1. The third kappa shape index (κ3) is 2.55. The van der Waals surface area contributed by atoms with Crippen molar-refractivity contribution in [2.24, 2.45) is 0 Å². The molecule has 0 spiro atoms. The summed E-state index contributed by atoms with van der Waals surface area (Å²) in [5.41, 5.74) is 9.64. The van der Waals surface area contributed by atoms with E-state index in [-0.39, 0.29) is 5.92 Å². The van der Waals surface area contributed by atoms with Gasteiger partial charge in [-0.3, -0.25) is 0 Å². The summed E-state index contributed by atoms with van der Waals surface area (Å²) in [5.74, 6) is 2.17. The number of fused-ring (bicyclic) bond motifs is 1. The van der Waals surface area contributed by atoms with E-state index < -0.39 is 0 Å². The average Bonchev–Trinajstić information content (AvgIpc) is 2.85. The van der Waals surface area contributed by atoms with Crippen LogP contribution in [0.15, 0.2) is 29.8 Å². The fourth-order valence-electron chi connectivity index (χ4n) is 1.89. The fraction of sp³-hybridized carbons (Fsp3) is 0.214. The molecule has 0 saturated carbocycles. The average molecular weight is 285 g/mol. The van der Waals surface area contributed by atoms with Crippen molar-refractivity contribution >= 4 is 38.9 Å². The monoisotopic (exact) mass is 285 g/mol. The van der Waals surface area contributed by atoms with Gasteiger partial charge >= 0.3 is 0 Å². The Labute approximate surface area is 120 Å². The Morgan fingerprint density at radius 3 is 2.85 bits per heavy atom.